The van der Waals surface area contributed by atoms with Crippen LogP contribution in [-0.2, 0) is 6.54 Å². The van der Waals surface area contributed by atoms with Crippen LogP contribution in [0.1, 0.15) is 52.0 Å². The van der Waals surface area contributed by atoms with Crippen LogP contribution in [0.5, 0.6) is 0 Å². The summed E-state index contributed by atoms with van der Waals surface area (Å²) in [6, 6.07) is 2.82. The Morgan fingerprint density at radius 1 is 1.38 bits per heavy atom. The van der Waals surface area contributed by atoms with E-state index in [0.717, 1.165) is 36.0 Å². The van der Waals surface area contributed by atoms with Gasteiger partial charge in [-0.05, 0) is 43.9 Å². The normalized spacial score (nSPS) is 15.9. The second-order valence-electron chi connectivity index (χ2n) is 6.38. The number of halogens is 1. The zero-order valence-electron chi connectivity index (χ0n) is 13.5. The Balaban J connectivity index is 2.08. The molecule has 0 bridgehead atoms. The van der Waals surface area contributed by atoms with Gasteiger partial charge >= 0.3 is 0 Å². The van der Waals surface area contributed by atoms with E-state index in [4.69, 9.17) is 11.6 Å². The third-order valence-corrected chi connectivity index (χ3v) is 4.53. The molecule has 0 spiro atoms. The fourth-order valence-corrected chi connectivity index (χ4v) is 3.25. The third-order valence-electron chi connectivity index (χ3n) is 4.19. The molecule has 1 N–H and O–H groups in total. The van der Waals surface area contributed by atoms with E-state index in [-0.39, 0.29) is 0 Å². The van der Waals surface area contributed by atoms with E-state index >= 15 is 0 Å². The first-order valence-electron chi connectivity index (χ1n) is 8.23. The van der Waals surface area contributed by atoms with Gasteiger partial charge in [-0.3, -0.25) is 0 Å². The fraction of sp³-hybridized carbons (Fsp3) is 0.706. The van der Waals surface area contributed by atoms with Crippen LogP contribution in [0.3, 0.4) is 0 Å². The van der Waals surface area contributed by atoms with Gasteiger partial charge in [-0.1, -0.05) is 38.3 Å². The van der Waals surface area contributed by atoms with Crippen molar-refractivity contribution in [1.82, 2.24) is 10.3 Å². The highest BCUT2D eigenvalue weighted by molar-refractivity contribution is 6.31. The molecule has 0 aromatic carbocycles. The first-order chi connectivity index (χ1) is 10.1. The lowest BCUT2D eigenvalue weighted by atomic mass is 10.2. The van der Waals surface area contributed by atoms with Crippen molar-refractivity contribution in [2.45, 2.75) is 59.0 Å². The Bertz CT molecular complexity index is 442. The van der Waals surface area contributed by atoms with Crippen LogP contribution in [0.4, 0.5) is 5.82 Å². The van der Waals surface area contributed by atoms with Crippen molar-refractivity contribution in [2.75, 3.05) is 18.0 Å². The highest BCUT2D eigenvalue weighted by atomic mass is 35.5. The molecule has 0 unspecified atom stereocenters. The van der Waals surface area contributed by atoms with Crippen LogP contribution in [0, 0.1) is 5.92 Å². The van der Waals surface area contributed by atoms with Gasteiger partial charge < -0.3 is 10.2 Å². The number of rotatable bonds is 7. The number of hydrogen-bond acceptors (Lipinski definition) is 3. The van der Waals surface area contributed by atoms with Crippen molar-refractivity contribution >= 4 is 17.4 Å². The SMILES string of the molecule is CCN(c1cc(CNCC(C)C)c(Cl)cn1)C1CCCC1. The molecular weight excluding hydrogens is 282 g/mol. The van der Waals surface area contributed by atoms with E-state index in [1.165, 1.54) is 25.7 Å². The number of hydrogen-bond donors (Lipinski definition) is 1. The van der Waals surface area contributed by atoms with Crippen LogP contribution in [0.15, 0.2) is 12.3 Å². The lowest BCUT2D eigenvalue weighted by Gasteiger charge is -2.29. The lowest BCUT2D eigenvalue weighted by molar-refractivity contribution is 0.552. The van der Waals surface area contributed by atoms with Crippen LogP contribution in [0.25, 0.3) is 0 Å². The first kappa shape index (κ1) is 16.6. The highest BCUT2D eigenvalue weighted by Gasteiger charge is 2.22. The molecule has 0 aliphatic heterocycles. The van der Waals surface area contributed by atoms with Gasteiger partial charge in [-0.25, -0.2) is 4.98 Å². The zero-order valence-corrected chi connectivity index (χ0v) is 14.3. The average molecular weight is 310 g/mol. The summed E-state index contributed by atoms with van der Waals surface area (Å²) in [7, 11) is 0. The van der Waals surface area contributed by atoms with E-state index in [2.05, 4.69) is 42.0 Å². The van der Waals surface area contributed by atoms with Gasteiger partial charge in [0.05, 0.1) is 5.02 Å². The standard InChI is InChI=1S/C17H28ClN3/c1-4-21(15-7-5-6-8-15)17-9-14(16(18)12-20-17)11-19-10-13(2)3/h9,12-13,15,19H,4-8,10-11H2,1-3H3. The van der Waals surface area contributed by atoms with E-state index in [9.17, 15) is 0 Å². The molecule has 0 saturated heterocycles. The molecule has 4 heteroatoms. The van der Waals surface area contributed by atoms with E-state index in [1.54, 1.807) is 6.20 Å². The number of pyridine rings is 1. The van der Waals surface area contributed by atoms with Crippen molar-refractivity contribution in [1.29, 1.82) is 0 Å². The molecule has 1 aliphatic rings. The molecule has 1 heterocycles. The molecule has 0 amide bonds. The Morgan fingerprint density at radius 2 is 2.10 bits per heavy atom. The molecule has 1 aliphatic carbocycles. The maximum atomic E-state index is 6.30. The Hall–Kier alpha value is -0.800. The maximum absolute atomic E-state index is 6.30. The number of anilines is 1. The average Bonchev–Trinajstić information content (AvgIpc) is 2.96. The summed E-state index contributed by atoms with van der Waals surface area (Å²) in [5.41, 5.74) is 1.15. The molecule has 1 aromatic rings. The molecule has 1 saturated carbocycles. The minimum Gasteiger partial charge on any atom is -0.354 e. The molecular formula is C17H28ClN3. The van der Waals surface area contributed by atoms with Gasteiger partial charge in [0, 0.05) is 25.3 Å². The minimum absolute atomic E-state index is 0.649. The summed E-state index contributed by atoms with van der Waals surface area (Å²) in [5.74, 6) is 1.73. The van der Waals surface area contributed by atoms with Crippen molar-refractivity contribution in [3.05, 3.63) is 22.8 Å². The summed E-state index contributed by atoms with van der Waals surface area (Å²) >= 11 is 6.30. The molecule has 2 rings (SSSR count). The molecule has 1 fully saturated rings. The smallest absolute Gasteiger partial charge is 0.129 e. The van der Waals surface area contributed by atoms with Crippen molar-refractivity contribution < 1.29 is 0 Å². The maximum Gasteiger partial charge on any atom is 0.129 e. The number of nitrogens with one attached hydrogen (secondary N) is 1. The van der Waals surface area contributed by atoms with E-state index < -0.39 is 0 Å². The largest absolute Gasteiger partial charge is 0.354 e. The second-order valence-corrected chi connectivity index (χ2v) is 6.79. The first-order valence-corrected chi connectivity index (χ1v) is 8.61. The Labute approximate surface area is 134 Å². The third kappa shape index (κ3) is 4.58. The van der Waals surface area contributed by atoms with Crippen LogP contribution in [0.2, 0.25) is 5.02 Å². The summed E-state index contributed by atoms with van der Waals surface area (Å²) in [4.78, 5) is 7.00. The molecule has 0 atom stereocenters. The molecule has 0 radical (unpaired) electrons. The van der Waals surface area contributed by atoms with Crippen molar-refractivity contribution in [2.24, 2.45) is 5.92 Å². The fourth-order valence-electron chi connectivity index (χ4n) is 3.08. The predicted molar refractivity (Wildman–Crippen MR) is 91.1 cm³/mol. The summed E-state index contributed by atoms with van der Waals surface area (Å²) in [5, 5.41) is 4.23. The van der Waals surface area contributed by atoms with Gasteiger partial charge in [0.1, 0.15) is 5.82 Å². The van der Waals surface area contributed by atoms with Gasteiger partial charge in [0.25, 0.3) is 0 Å². The van der Waals surface area contributed by atoms with Crippen LogP contribution >= 0.6 is 11.6 Å². The highest BCUT2D eigenvalue weighted by Crippen LogP contribution is 2.28. The van der Waals surface area contributed by atoms with Gasteiger partial charge in [-0.15, -0.1) is 0 Å². The van der Waals surface area contributed by atoms with Crippen molar-refractivity contribution in [3.8, 4) is 0 Å². The topological polar surface area (TPSA) is 28.2 Å². The number of aromatic nitrogens is 1. The summed E-state index contributed by atoms with van der Waals surface area (Å²) < 4.78 is 0. The summed E-state index contributed by atoms with van der Waals surface area (Å²) in [6.45, 7) is 9.48. The lowest BCUT2D eigenvalue weighted by Crippen LogP contribution is -2.33. The minimum atomic E-state index is 0.649. The van der Waals surface area contributed by atoms with Crippen LogP contribution < -0.4 is 10.2 Å². The van der Waals surface area contributed by atoms with E-state index in [1.807, 2.05) is 0 Å². The Kier molecular flexibility index (Phi) is 6.31. The van der Waals surface area contributed by atoms with Crippen LogP contribution in [-0.4, -0.2) is 24.1 Å². The molecule has 1 aromatic heterocycles. The monoisotopic (exact) mass is 309 g/mol. The quantitative estimate of drug-likeness (QED) is 0.816. The molecule has 118 valence electrons. The van der Waals surface area contributed by atoms with E-state index in [0.29, 0.717) is 12.0 Å². The number of nitrogens with zero attached hydrogens (tertiary/aromatic N) is 2. The Morgan fingerprint density at radius 3 is 2.71 bits per heavy atom. The predicted octanol–water partition coefficient (Wildman–Crippen LogP) is 4.25. The van der Waals surface area contributed by atoms with Crippen molar-refractivity contribution in [3.63, 3.8) is 0 Å². The van der Waals surface area contributed by atoms with Gasteiger partial charge in [-0.2, -0.15) is 0 Å². The molecule has 21 heavy (non-hydrogen) atoms. The summed E-state index contributed by atoms with van der Waals surface area (Å²) in [6.07, 6.45) is 7.08. The van der Waals surface area contributed by atoms with Gasteiger partial charge in [0.15, 0.2) is 0 Å². The van der Waals surface area contributed by atoms with Gasteiger partial charge in [0.2, 0.25) is 0 Å². The zero-order chi connectivity index (χ0) is 15.2. The second kappa shape index (κ2) is 8.00. The molecule has 3 nitrogen and oxygen atoms in total.